The zero-order valence-electron chi connectivity index (χ0n) is 9.79. The zero-order valence-corrected chi connectivity index (χ0v) is 11.4. The Balaban J connectivity index is 2.57. The summed E-state index contributed by atoms with van der Waals surface area (Å²) in [5.41, 5.74) is 0. The van der Waals surface area contributed by atoms with Crippen molar-refractivity contribution < 1.29 is 23.4 Å². The highest BCUT2D eigenvalue weighted by Gasteiger charge is 2.18. The summed E-state index contributed by atoms with van der Waals surface area (Å²) in [6.45, 7) is 1.81. The molecule has 1 heterocycles. The van der Waals surface area contributed by atoms with E-state index in [4.69, 9.17) is 10.2 Å². The van der Waals surface area contributed by atoms with Crippen LogP contribution in [0.3, 0.4) is 0 Å². The van der Waals surface area contributed by atoms with E-state index in [2.05, 4.69) is 4.72 Å². The molecule has 0 fully saturated rings. The van der Waals surface area contributed by atoms with E-state index in [1.54, 1.807) is 6.07 Å². The first-order valence-electron chi connectivity index (χ1n) is 5.36. The number of hydrogen-bond donors (Lipinski definition) is 3. The number of thiophene rings is 1. The number of carbonyl (C=O) groups is 1. The van der Waals surface area contributed by atoms with E-state index < -0.39 is 22.1 Å². The van der Waals surface area contributed by atoms with Crippen LogP contribution in [0.15, 0.2) is 16.3 Å². The van der Waals surface area contributed by atoms with E-state index in [0.29, 0.717) is 0 Å². The number of aliphatic carboxylic acids is 1. The topological polar surface area (TPSA) is 104 Å². The quantitative estimate of drug-likeness (QED) is 0.676. The summed E-state index contributed by atoms with van der Waals surface area (Å²) in [6, 6.07) is 3.25. The van der Waals surface area contributed by atoms with Crippen molar-refractivity contribution in [3.63, 3.8) is 0 Å². The molecular weight excluding hydrogens is 278 g/mol. The fourth-order valence-corrected chi connectivity index (χ4v) is 3.60. The Hall–Kier alpha value is -0.960. The molecule has 0 radical (unpaired) electrons. The molecule has 0 aliphatic carbocycles. The molecule has 1 rings (SSSR count). The van der Waals surface area contributed by atoms with Crippen LogP contribution in [-0.4, -0.2) is 37.2 Å². The van der Waals surface area contributed by atoms with Crippen LogP contribution in [0.25, 0.3) is 0 Å². The largest absolute Gasteiger partial charge is 0.479 e. The van der Waals surface area contributed by atoms with Gasteiger partial charge in [0, 0.05) is 11.4 Å². The van der Waals surface area contributed by atoms with E-state index in [9.17, 15) is 13.2 Å². The first kappa shape index (κ1) is 15.1. The Morgan fingerprint density at radius 2 is 2.17 bits per heavy atom. The average Bonchev–Trinajstić information content (AvgIpc) is 2.77. The van der Waals surface area contributed by atoms with Crippen molar-refractivity contribution in [3.8, 4) is 0 Å². The van der Waals surface area contributed by atoms with Crippen molar-refractivity contribution in [1.29, 1.82) is 0 Å². The molecule has 0 aromatic carbocycles. The molecule has 3 N–H and O–H groups in total. The number of carboxylic acids is 1. The lowest BCUT2D eigenvalue weighted by molar-refractivity contribution is -0.146. The Morgan fingerprint density at radius 1 is 1.50 bits per heavy atom. The summed E-state index contributed by atoms with van der Waals surface area (Å²) in [5, 5.41) is 17.4. The molecule has 1 aromatic heterocycles. The number of nitrogens with one attached hydrogen (secondary N) is 1. The monoisotopic (exact) mass is 293 g/mol. The second-order valence-electron chi connectivity index (χ2n) is 3.61. The van der Waals surface area contributed by atoms with Gasteiger partial charge in [-0.3, -0.25) is 0 Å². The second kappa shape index (κ2) is 6.28. The fourth-order valence-electron chi connectivity index (χ4n) is 1.22. The molecule has 0 aliphatic rings. The third-order valence-electron chi connectivity index (χ3n) is 2.25. The number of rotatable bonds is 7. The van der Waals surface area contributed by atoms with E-state index in [1.807, 2.05) is 6.92 Å². The SMILES string of the molecule is CCc1ccc(S(=O)(=O)NCCC(O)C(=O)O)s1. The number of hydrogen-bond acceptors (Lipinski definition) is 5. The summed E-state index contributed by atoms with van der Waals surface area (Å²) in [5.74, 6) is -1.36. The van der Waals surface area contributed by atoms with E-state index in [1.165, 1.54) is 17.4 Å². The van der Waals surface area contributed by atoms with Crippen molar-refractivity contribution >= 4 is 27.3 Å². The van der Waals surface area contributed by atoms with E-state index >= 15 is 0 Å². The van der Waals surface area contributed by atoms with Crippen molar-refractivity contribution in [1.82, 2.24) is 4.72 Å². The molecule has 0 bridgehead atoms. The third kappa shape index (κ3) is 4.05. The van der Waals surface area contributed by atoms with Gasteiger partial charge in [0.05, 0.1) is 0 Å². The maximum absolute atomic E-state index is 11.8. The van der Waals surface area contributed by atoms with Crippen molar-refractivity contribution in [2.24, 2.45) is 0 Å². The molecule has 8 heteroatoms. The number of sulfonamides is 1. The molecule has 1 aromatic rings. The smallest absolute Gasteiger partial charge is 0.332 e. The number of carboxylic acid groups (broad SMARTS) is 1. The summed E-state index contributed by atoms with van der Waals surface area (Å²) in [4.78, 5) is 11.3. The molecule has 1 unspecified atom stereocenters. The number of aliphatic hydroxyl groups is 1. The summed E-state index contributed by atoms with van der Waals surface area (Å²) in [6.07, 6.45) is -0.958. The molecule has 18 heavy (non-hydrogen) atoms. The van der Waals surface area contributed by atoms with Crippen LogP contribution < -0.4 is 4.72 Å². The van der Waals surface area contributed by atoms with Crippen LogP contribution in [0, 0.1) is 0 Å². The number of aliphatic hydroxyl groups excluding tert-OH is 1. The predicted molar refractivity (Wildman–Crippen MR) is 67.1 cm³/mol. The van der Waals surface area contributed by atoms with Crippen molar-refractivity contribution in [2.45, 2.75) is 30.1 Å². The minimum Gasteiger partial charge on any atom is -0.479 e. The molecule has 0 saturated heterocycles. The van der Waals surface area contributed by atoms with Gasteiger partial charge in [-0.25, -0.2) is 17.9 Å². The van der Waals surface area contributed by atoms with Gasteiger partial charge in [0.25, 0.3) is 0 Å². The van der Waals surface area contributed by atoms with Gasteiger partial charge in [0.1, 0.15) is 4.21 Å². The lowest BCUT2D eigenvalue weighted by Gasteiger charge is -2.06. The maximum Gasteiger partial charge on any atom is 0.332 e. The maximum atomic E-state index is 11.8. The van der Waals surface area contributed by atoms with Crippen LogP contribution in [0.1, 0.15) is 18.2 Å². The minimum atomic E-state index is -3.61. The lowest BCUT2D eigenvalue weighted by atomic mass is 10.3. The Morgan fingerprint density at radius 3 is 2.67 bits per heavy atom. The predicted octanol–water partition coefficient (Wildman–Crippen LogP) is 0.424. The van der Waals surface area contributed by atoms with Crippen LogP contribution in [-0.2, 0) is 21.2 Å². The normalized spacial score (nSPS) is 13.4. The minimum absolute atomic E-state index is 0.116. The van der Waals surface area contributed by atoms with Gasteiger partial charge >= 0.3 is 5.97 Å². The second-order valence-corrected chi connectivity index (χ2v) is 6.78. The van der Waals surface area contributed by atoms with Gasteiger partial charge in [-0.15, -0.1) is 11.3 Å². The Labute approximate surface area is 109 Å². The van der Waals surface area contributed by atoms with E-state index in [-0.39, 0.29) is 17.2 Å². The summed E-state index contributed by atoms with van der Waals surface area (Å²) < 4.78 is 26.0. The third-order valence-corrected chi connectivity index (χ3v) is 5.43. The first-order valence-corrected chi connectivity index (χ1v) is 7.66. The van der Waals surface area contributed by atoms with Gasteiger partial charge in [0.2, 0.25) is 10.0 Å². The van der Waals surface area contributed by atoms with Crippen LogP contribution in [0.4, 0.5) is 0 Å². The average molecular weight is 293 g/mol. The molecule has 0 amide bonds. The Bertz CT molecular complexity index is 508. The molecule has 1 atom stereocenters. The van der Waals surface area contributed by atoms with Crippen LogP contribution in [0.2, 0.25) is 0 Å². The van der Waals surface area contributed by atoms with Gasteiger partial charge in [-0.1, -0.05) is 6.92 Å². The van der Waals surface area contributed by atoms with Crippen LogP contribution >= 0.6 is 11.3 Å². The molecule has 102 valence electrons. The highest BCUT2D eigenvalue weighted by molar-refractivity contribution is 7.91. The standard InChI is InChI=1S/C10H15NO5S2/c1-2-7-3-4-9(17-7)18(15,16)11-6-5-8(12)10(13)14/h3-4,8,11-12H,2,5-6H2,1H3,(H,13,14). The summed E-state index contributed by atoms with van der Waals surface area (Å²) in [7, 11) is -3.61. The molecule has 0 saturated carbocycles. The van der Waals surface area contributed by atoms with Gasteiger partial charge < -0.3 is 10.2 Å². The molecular formula is C10H15NO5S2. The fraction of sp³-hybridized carbons (Fsp3) is 0.500. The van der Waals surface area contributed by atoms with Crippen LogP contribution in [0.5, 0.6) is 0 Å². The number of aryl methyl sites for hydroxylation is 1. The Kier molecular flexibility index (Phi) is 5.27. The first-order chi connectivity index (χ1) is 8.36. The zero-order chi connectivity index (χ0) is 13.8. The van der Waals surface area contributed by atoms with Crippen molar-refractivity contribution in [3.05, 3.63) is 17.0 Å². The van der Waals surface area contributed by atoms with E-state index in [0.717, 1.165) is 11.3 Å². The lowest BCUT2D eigenvalue weighted by Crippen LogP contribution is -2.29. The molecule has 0 spiro atoms. The highest BCUT2D eigenvalue weighted by atomic mass is 32.2. The summed E-state index contributed by atoms with van der Waals surface area (Å²) >= 11 is 1.18. The van der Waals surface area contributed by atoms with Crippen molar-refractivity contribution in [2.75, 3.05) is 6.54 Å². The van der Waals surface area contributed by atoms with Gasteiger partial charge in [-0.05, 0) is 25.0 Å². The highest BCUT2D eigenvalue weighted by Crippen LogP contribution is 2.21. The van der Waals surface area contributed by atoms with Gasteiger partial charge in [-0.2, -0.15) is 0 Å². The molecule has 0 aliphatic heterocycles. The molecule has 6 nitrogen and oxygen atoms in total. The van der Waals surface area contributed by atoms with Gasteiger partial charge in [0.15, 0.2) is 6.10 Å².